The van der Waals surface area contributed by atoms with Gasteiger partial charge in [0, 0.05) is 18.4 Å². The van der Waals surface area contributed by atoms with Crippen molar-refractivity contribution in [2.75, 3.05) is 7.11 Å². The second-order valence-corrected chi connectivity index (χ2v) is 4.92. The zero-order valence-corrected chi connectivity index (χ0v) is 11.7. The molecule has 1 aromatic carbocycles. The van der Waals surface area contributed by atoms with Gasteiger partial charge in [0.1, 0.15) is 5.75 Å². The molecule has 3 nitrogen and oxygen atoms in total. The number of ether oxygens (including phenoxy) is 1. The third-order valence-electron chi connectivity index (χ3n) is 2.78. The van der Waals surface area contributed by atoms with Gasteiger partial charge in [0.05, 0.1) is 11.6 Å². The van der Waals surface area contributed by atoms with E-state index in [1.54, 1.807) is 13.3 Å². The maximum absolute atomic E-state index is 6.16. The number of methoxy groups -OCH3 is 1. The van der Waals surface area contributed by atoms with E-state index in [-0.39, 0.29) is 6.04 Å². The fourth-order valence-corrected chi connectivity index (χ4v) is 2.39. The minimum absolute atomic E-state index is 0.0426. The van der Waals surface area contributed by atoms with Crippen LogP contribution < -0.4 is 10.5 Å². The van der Waals surface area contributed by atoms with Gasteiger partial charge in [-0.25, -0.2) is 0 Å². The number of halogens is 1. The smallest absolute Gasteiger partial charge is 0.133 e. The van der Waals surface area contributed by atoms with Crippen LogP contribution in [0.15, 0.2) is 47.2 Å². The molecule has 2 aromatic rings. The second kappa shape index (κ2) is 5.98. The highest BCUT2D eigenvalue weighted by molar-refractivity contribution is 9.10. The Bertz CT molecular complexity index is 516. The minimum Gasteiger partial charge on any atom is -0.496 e. The monoisotopic (exact) mass is 306 g/mol. The molecule has 0 amide bonds. The quantitative estimate of drug-likeness (QED) is 0.944. The molecule has 1 unspecified atom stereocenters. The van der Waals surface area contributed by atoms with Crippen LogP contribution in [0.4, 0.5) is 0 Å². The van der Waals surface area contributed by atoms with E-state index in [1.165, 1.54) is 5.56 Å². The normalized spacial score (nSPS) is 12.2. The van der Waals surface area contributed by atoms with Crippen LogP contribution in [0.1, 0.15) is 17.2 Å². The van der Waals surface area contributed by atoms with Crippen molar-refractivity contribution in [2.24, 2.45) is 5.73 Å². The standard InChI is InChI=1S/C14H15BrN2O/c1-18-14-5-4-10(7-12(14)15)8-13(16)11-3-2-6-17-9-11/h2-7,9,13H,8,16H2,1H3. The molecule has 0 aliphatic carbocycles. The zero-order chi connectivity index (χ0) is 13.0. The van der Waals surface area contributed by atoms with Crippen LogP contribution in [0.3, 0.4) is 0 Å². The first-order valence-electron chi connectivity index (χ1n) is 5.68. The van der Waals surface area contributed by atoms with Crippen molar-refractivity contribution in [1.29, 1.82) is 0 Å². The Labute approximate surface area is 115 Å². The predicted octanol–water partition coefficient (Wildman–Crippen LogP) is 3.10. The molecule has 4 heteroatoms. The van der Waals surface area contributed by atoms with Gasteiger partial charge in [-0.2, -0.15) is 0 Å². The summed E-state index contributed by atoms with van der Waals surface area (Å²) in [5.41, 5.74) is 8.37. The predicted molar refractivity (Wildman–Crippen MR) is 75.6 cm³/mol. The van der Waals surface area contributed by atoms with Crippen LogP contribution in [-0.4, -0.2) is 12.1 Å². The molecule has 2 rings (SSSR count). The Balaban J connectivity index is 2.12. The minimum atomic E-state index is -0.0426. The number of hydrogen-bond acceptors (Lipinski definition) is 3. The third kappa shape index (κ3) is 3.09. The Morgan fingerprint density at radius 3 is 2.83 bits per heavy atom. The van der Waals surface area contributed by atoms with E-state index >= 15 is 0 Å². The summed E-state index contributed by atoms with van der Waals surface area (Å²) in [6.45, 7) is 0. The summed E-state index contributed by atoms with van der Waals surface area (Å²) in [5, 5.41) is 0. The fourth-order valence-electron chi connectivity index (χ4n) is 1.80. The lowest BCUT2D eigenvalue weighted by Crippen LogP contribution is -2.13. The van der Waals surface area contributed by atoms with E-state index in [1.807, 2.05) is 36.5 Å². The molecule has 0 saturated carbocycles. The molecule has 18 heavy (non-hydrogen) atoms. The van der Waals surface area contributed by atoms with Gasteiger partial charge in [-0.15, -0.1) is 0 Å². The van der Waals surface area contributed by atoms with E-state index < -0.39 is 0 Å². The zero-order valence-electron chi connectivity index (χ0n) is 10.1. The molecule has 0 spiro atoms. The summed E-state index contributed by atoms with van der Waals surface area (Å²) in [7, 11) is 1.65. The summed E-state index contributed by atoms with van der Waals surface area (Å²) in [4.78, 5) is 4.08. The van der Waals surface area contributed by atoms with Gasteiger partial charge in [0.25, 0.3) is 0 Å². The average Bonchev–Trinajstić information content (AvgIpc) is 2.40. The maximum atomic E-state index is 6.16. The lowest BCUT2D eigenvalue weighted by molar-refractivity contribution is 0.412. The summed E-state index contributed by atoms with van der Waals surface area (Å²) >= 11 is 3.48. The largest absolute Gasteiger partial charge is 0.496 e. The molecule has 1 aromatic heterocycles. The van der Waals surface area contributed by atoms with Crippen LogP contribution >= 0.6 is 15.9 Å². The second-order valence-electron chi connectivity index (χ2n) is 4.07. The highest BCUT2D eigenvalue weighted by atomic mass is 79.9. The first kappa shape index (κ1) is 13.1. The van der Waals surface area contributed by atoms with E-state index in [9.17, 15) is 0 Å². The third-order valence-corrected chi connectivity index (χ3v) is 3.40. The molecule has 0 aliphatic heterocycles. The molecule has 0 fully saturated rings. The molecule has 0 radical (unpaired) electrons. The first-order valence-corrected chi connectivity index (χ1v) is 6.48. The summed E-state index contributed by atoms with van der Waals surface area (Å²) < 4.78 is 6.15. The van der Waals surface area contributed by atoms with Crippen molar-refractivity contribution < 1.29 is 4.74 Å². The van der Waals surface area contributed by atoms with Gasteiger partial charge < -0.3 is 10.5 Å². The fraction of sp³-hybridized carbons (Fsp3) is 0.214. The molecular weight excluding hydrogens is 292 g/mol. The Morgan fingerprint density at radius 2 is 2.22 bits per heavy atom. The maximum Gasteiger partial charge on any atom is 0.133 e. The van der Waals surface area contributed by atoms with Crippen molar-refractivity contribution in [3.63, 3.8) is 0 Å². The van der Waals surface area contributed by atoms with Gasteiger partial charge in [-0.1, -0.05) is 12.1 Å². The number of aromatic nitrogens is 1. The van der Waals surface area contributed by atoms with Crippen molar-refractivity contribution in [3.8, 4) is 5.75 Å². The summed E-state index contributed by atoms with van der Waals surface area (Å²) in [6.07, 6.45) is 4.33. The molecule has 0 saturated heterocycles. The average molecular weight is 307 g/mol. The van der Waals surface area contributed by atoms with Crippen molar-refractivity contribution >= 4 is 15.9 Å². The molecule has 1 heterocycles. The summed E-state index contributed by atoms with van der Waals surface area (Å²) in [5.74, 6) is 0.827. The Hall–Kier alpha value is -1.39. The molecule has 2 N–H and O–H groups in total. The van der Waals surface area contributed by atoms with Crippen molar-refractivity contribution in [2.45, 2.75) is 12.5 Å². The SMILES string of the molecule is COc1ccc(CC(N)c2cccnc2)cc1Br. The van der Waals surface area contributed by atoms with Gasteiger partial charge in [-0.05, 0) is 51.7 Å². The molecule has 94 valence electrons. The van der Waals surface area contributed by atoms with Gasteiger partial charge >= 0.3 is 0 Å². The van der Waals surface area contributed by atoms with Crippen LogP contribution in [0, 0.1) is 0 Å². The van der Waals surface area contributed by atoms with Crippen LogP contribution in [0.2, 0.25) is 0 Å². The molecular formula is C14H15BrN2O. The van der Waals surface area contributed by atoms with Crippen LogP contribution in [-0.2, 0) is 6.42 Å². The Morgan fingerprint density at radius 1 is 1.39 bits per heavy atom. The van der Waals surface area contributed by atoms with Gasteiger partial charge in [0.2, 0.25) is 0 Å². The number of pyridine rings is 1. The molecule has 0 aliphatic rings. The number of nitrogens with zero attached hydrogens (tertiary/aromatic N) is 1. The van der Waals surface area contributed by atoms with E-state index in [2.05, 4.69) is 20.9 Å². The first-order chi connectivity index (χ1) is 8.70. The number of nitrogens with two attached hydrogens (primary N) is 1. The molecule has 0 bridgehead atoms. The highest BCUT2D eigenvalue weighted by Crippen LogP contribution is 2.27. The van der Waals surface area contributed by atoms with Gasteiger partial charge in [0.15, 0.2) is 0 Å². The van der Waals surface area contributed by atoms with E-state index in [0.29, 0.717) is 0 Å². The van der Waals surface area contributed by atoms with Gasteiger partial charge in [-0.3, -0.25) is 4.98 Å². The van der Waals surface area contributed by atoms with Crippen LogP contribution in [0.5, 0.6) is 5.75 Å². The highest BCUT2D eigenvalue weighted by Gasteiger charge is 2.08. The van der Waals surface area contributed by atoms with E-state index in [4.69, 9.17) is 10.5 Å². The number of hydrogen-bond donors (Lipinski definition) is 1. The lowest BCUT2D eigenvalue weighted by Gasteiger charge is -2.12. The van der Waals surface area contributed by atoms with Crippen LogP contribution in [0.25, 0.3) is 0 Å². The van der Waals surface area contributed by atoms with E-state index in [0.717, 1.165) is 22.2 Å². The summed E-state index contributed by atoms with van der Waals surface area (Å²) in [6, 6.07) is 9.86. The molecule has 1 atom stereocenters. The van der Waals surface area contributed by atoms with Crippen molar-refractivity contribution in [3.05, 3.63) is 58.3 Å². The topological polar surface area (TPSA) is 48.1 Å². The lowest BCUT2D eigenvalue weighted by atomic mass is 10.0. The van der Waals surface area contributed by atoms with Crippen molar-refractivity contribution in [1.82, 2.24) is 4.98 Å². The number of rotatable bonds is 4. The Kier molecular flexibility index (Phi) is 4.33. The number of benzene rings is 1.